The van der Waals surface area contributed by atoms with Gasteiger partial charge in [0.05, 0.1) is 25.8 Å². The maximum atomic E-state index is 12.3. The summed E-state index contributed by atoms with van der Waals surface area (Å²) in [5, 5.41) is 18.0. The number of amides is 3. The largest absolute Gasteiger partial charge is 0.400 e. The van der Waals surface area contributed by atoms with Gasteiger partial charge in [0, 0.05) is 28.4 Å². The molecule has 0 aromatic heterocycles. The van der Waals surface area contributed by atoms with E-state index < -0.39 is 35.4 Å². The molecule has 0 aromatic carbocycles. The highest BCUT2D eigenvalue weighted by Gasteiger charge is 2.48. The summed E-state index contributed by atoms with van der Waals surface area (Å²) >= 11 is 0. The Morgan fingerprint density at radius 3 is 2.00 bits per heavy atom. The molecule has 0 bridgehead atoms. The first-order valence-corrected chi connectivity index (χ1v) is 13.1. The highest BCUT2D eigenvalue weighted by atomic mass is 16.6. The summed E-state index contributed by atoms with van der Waals surface area (Å²) in [5.41, 5.74) is -0.834. The Hall–Kier alpha value is -2.87. The predicted molar refractivity (Wildman–Crippen MR) is 154 cm³/mol. The Kier molecular flexibility index (Phi) is 24.9. The van der Waals surface area contributed by atoms with Gasteiger partial charge in [0.25, 0.3) is 5.91 Å². The van der Waals surface area contributed by atoms with Crippen LogP contribution >= 0.6 is 0 Å². The number of ether oxygens (including phenoxy) is 3. The average Bonchev–Trinajstić information content (AvgIpc) is 3.67. The van der Waals surface area contributed by atoms with Crippen LogP contribution in [0.4, 0.5) is 0 Å². The predicted octanol–water partition coefficient (Wildman–Crippen LogP) is 0.987. The SMILES string of the molecule is CC.CC(C)C.CO.COC.COC[C@H](NC(=O)C1=NOC(C)C=C1)C(=O)NCC(=O)NC(C)C(=O)[C@@]1(C)CO1. The number of Topliss-reactive ketones (excluding diaryl/α,β-unsaturated/α-hetero) is 1. The summed E-state index contributed by atoms with van der Waals surface area (Å²) in [4.78, 5) is 53.6. The molecule has 40 heavy (non-hydrogen) atoms. The molecule has 13 heteroatoms. The monoisotopic (exact) mass is 576 g/mol. The summed E-state index contributed by atoms with van der Waals surface area (Å²) < 4.78 is 14.3. The van der Waals surface area contributed by atoms with Gasteiger partial charge in [-0.15, -0.1) is 0 Å². The lowest BCUT2D eigenvalue weighted by atomic mass is 10.0. The van der Waals surface area contributed by atoms with Crippen LogP contribution in [0.3, 0.4) is 0 Å². The number of aliphatic hydroxyl groups is 1. The molecule has 1 fully saturated rings. The van der Waals surface area contributed by atoms with E-state index in [1.165, 1.54) is 13.2 Å². The molecule has 0 radical (unpaired) electrons. The minimum absolute atomic E-state index is 0.0119. The zero-order valence-corrected chi connectivity index (χ0v) is 26.2. The van der Waals surface area contributed by atoms with E-state index >= 15 is 0 Å². The Balaban J connectivity index is -0.00000108. The van der Waals surface area contributed by atoms with Gasteiger partial charge in [0.15, 0.2) is 11.5 Å². The summed E-state index contributed by atoms with van der Waals surface area (Å²) in [5.74, 6) is -1.19. The lowest BCUT2D eigenvalue weighted by Crippen LogP contribution is -2.53. The molecule has 2 aliphatic heterocycles. The zero-order chi connectivity index (χ0) is 31.9. The van der Waals surface area contributed by atoms with Crippen LogP contribution in [0.5, 0.6) is 0 Å². The fourth-order valence-electron chi connectivity index (χ4n) is 2.49. The van der Waals surface area contributed by atoms with Crippen LogP contribution in [-0.4, -0.2) is 106 Å². The third kappa shape index (κ3) is 19.2. The summed E-state index contributed by atoms with van der Waals surface area (Å²) in [6, 6.07) is -1.80. The Bertz CT molecular complexity index is 794. The van der Waals surface area contributed by atoms with E-state index in [0.29, 0.717) is 6.61 Å². The Morgan fingerprint density at radius 1 is 1.10 bits per heavy atom. The van der Waals surface area contributed by atoms with E-state index in [0.717, 1.165) is 13.0 Å². The van der Waals surface area contributed by atoms with Crippen LogP contribution < -0.4 is 16.0 Å². The van der Waals surface area contributed by atoms with Crippen LogP contribution in [0.25, 0.3) is 0 Å². The highest BCUT2D eigenvalue weighted by Crippen LogP contribution is 2.28. The molecule has 1 saturated heterocycles. The molecule has 4 atom stereocenters. The molecular weight excluding hydrogens is 524 g/mol. The second kappa shape index (κ2) is 24.0. The number of ketones is 1. The van der Waals surface area contributed by atoms with Gasteiger partial charge >= 0.3 is 0 Å². The maximum absolute atomic E-state index is 12.3. The third-order valence-electron chi connectivity index (χ3n) is 4.32. The molecule has 2 aliphatic rings. The minimum atomic E-state index is -1.05. The first-order valence-electron chi connectivity index (χ1n) is 13.1. The number of hydrogen-bond acceptors (Lipinski definition) is 10. The van der Waals surface area contributed by atoms with E-state index in [1.807, 2.05) is 13.8 Å². The number of oxime groups is 1. The molecule has 13 nitrogen and oxygen atoms in total. The third-order valence-corrected chi connectivity index (χ3v) is 4.32. The van der Waals surface area contributed by atoms with Crippen molar-refractivity contribution in [2.75, 3.05) is 48.2 Å². The first kappa shape index (κ1) is 41.6. The fraction of sp³-hybridized carbons (Fsp3) is 0.741. The number of hydrogen-bond donors (Lipinski definition) is 4. The Morgan fingerprint density at radius 2 is 1.60 bits per heavy atom. The molecule has 0 aliphatic carbocycles. The van der Waals surface area contributed by atoms with Gasteiger partial charge in [-0.3, -0.25) is 19.2 Å². The lowest BCUT2D eigenvalue weighted by molar-refractivity contribution is -0.131. The van der Waals surface area contributed by atoms with Crippen molar-refractivity contribution in [3.05, 3.63) is 12.2 Å². The van der Waals surface area contributed by atoms with Crippen molar-refractivity contribution >= 4 is 29.2 Å². The molecule has 234 valence electrons. The lowest BCUT2D eigenvalue weighted by Gasteiger charge is -2.19. The van der Waals surface area contributed by atoms with E-state index in [1.54, 1.807) is 41.1 Å². The smallest absolute Gasteiger partial charge is 0.274 e. The first-order chi connectivity index (χ1) is 18.8. The van der Waals surface area contributed by atoms with E-state index in [2.05, 4.69) is 46.6 Å². The Labute approximate surface area is 239 Å². The maximum Gasteiger partial charge on any atom is 0.274 e. The molecular formula is C27H52N4O9. The quantitative estimate of drug-likeness (QED) is 0.276. The summed E-state index contributed by atoms with van der Waals surface area (Å²) in [6.07, 6.45) is 2.89. The number of aliphatic hydroxyl groups excluding tert-OH is 1. The van der Waals surface area contributed by atoms with E-state index in [4.69, 9.17) is 19.4 Å². The van der Waals surface area contributed by atoms with Gasteiger partial charge in [0.1, 0.15) is 17.7 Å². The number of methoxy groups -OCH3 is 2. The molecule has 4 N–H and O–H groups in total. The van der Waals surface area contributed by atoms with Gasteiger partial charge in [-0.25, -0.2) is 0 Å². The van der Waals surface area contributed by atoms with Crippen molar-refractivity contribution in [1.29, 1.82) is 0 Å². The van der Waals surface area contributed by atoms with Gasteiger partial charge in [-0.05, 0) is 38.8 Å². The van der Waals surface area contributed by atoms with Crippen molar-refractivity contribution in [3.63, 3.8) is 0 Å². The van der Waals surface area contributed by atoms with Crippen molar-refractivity contribution in [3.8, 4) is 0 Å². The summed E-state index contributed by atoms with van der Waals surface area (Å²) in [7, 11) is 5.62. The van der Waals surface area contributed by atoms with Crippen LogP contribution in [0.1, 0.15) is 55.4 Å². The van der Waals surface area contributed by atoms with E-state index in [-0.39, 0.29) is 30.8 Å². The van der Waals surface area contributed by atoms with Gasteiger partial charge in [0.2, 0.25) is 11.8 Å². The number of nitrogens with one attached hydrogen (secondary N) is 3. The zero-order valence-electron chi connectivity index (χ0n) is 26.2. The van der Waals surface area contributed by atoms with Gasteiger partial charge in [-0.2, -0.15) is 0 Å². The van der Waals surface area contributed by atoms with E-state index in [9.17, 15) is 19.2 Å². The molecule has 2 rings (SSSR count). The topological polar surface area (TPSA) is 177 Å². The molecule has 0 spiro atoms. The molecule has 0 aromatic rings. The molecule has 0 saturated carbocycles. The van der Waals surface area contributed by atoms with Gasteiger partial charge < -0.3 is 40.1 Å². The second-order valence-electron chi connectivity index (χ2n) is 9.16. The standard InChI is InChI=1S/C18H26N4O7.C4H10.C2H6O.C2H6.CH4O/c1-10-5-6-12(22-29-10)17(26)21-13(8-27-4)16(25)19-7-14(23)20-11(2)15(24)18(3)9-28-18;1-4(2)3;1-3-2;2*1-2/h5-6,10-11,13H,7-9H2,1-4H3,(H,19,25)(H,20,23)(H,21,26);4H,1-3H3;1-2H3;1-2H3;2H,1H3/t10?,11?,13-,18+;;;;/m0..../s1. The van der Waals surface area contributed by atoms with Crippen LogP contribution in [0, 0.1) is 5.92 Å². The van der Waals surface area contributed by atoms with Crippen LogP contribution in [0.15, 0.2) is 17.3 Å². The number of carbonyl (C=O) groups is 4. The minimum Gasteiger partial charge on any atom is -0.400 e. The number of rotatable bonds is 10. The second-order valence-corrected chi connectivity index (χ2v) is 9.16. The number of carbonyl (C=O) groups excluding carboxylic acids is 4. The molecule has 2 heterocycles. The fourth-order valence-corrected chi connectivity index (χ4v) is 2.49. The van der Waals surface area contributed by atoms with Crippen molar-refractivity contribution in [2.24, 2.45) is 11.1 Å². The molecule has 2 unspecified atom stereocenters. The van der Waals surface area contributed by atoms with Crippen LogP contribution in [-0.2, 0) is 38.2 Å². The normalized spacial score (nSPS) is 19.4. The average molecular weight is 577 g/mol. The van der Waals surface area contributed by atoms with Crippen molar-refractivity contribution in [2.45, 2.75) is 79.2 Å². The number of epoxide rings is 1. The van der Waals surface area contributed by atoms with Crippen LogP contribution in [0.2, 0.25) is 0 Å². The van der Waals surface area contributed by atoms with Crippen molar-refractivity contribution in [1.82, 2.24) is 16.0 Å². The van der Waals surface area contributed by atoms with Crippen molar-refractivity contribution < 1.29 is 43.3 Å². The summed E-state index contributed by atoms with van der Waals surface area (Å²) in [6.45, 7) is 15.3. The molecule has 3 amide bonds. The highest BCUT2D eigenvalue weighted by molar-refractivity contribution is 6.43. The number of nitrogens with zero attached hydrogens (tertiary/aromatic N) is 1. The van der Waals surface area contributed by atoms with Gasteiger partial charge in [-0.1, -0.05) is 39.8 Å².